The van der Waals surface area contributed by atoms with Crippen LogP contribution in [-0.2, 0) is 4.84 Å². The average Bonchev–Trinajstić information content (AvgIpc) is 2.69. The van der Waals surface area contributed by atoms with Gasteiger partial charge in [-0.3, -0.25) is 0 Å². The fourth-order valence-electron chi connectivity index (χ4n) is 1.88. The molecule has 0 amide bonds. The normalized spacial score (nSPS) is 29.9. The van der Waals surface area contributed by atoms with Crippen molar-refractivity contribution in [3.05, 3.63) is 0 Å². The number of oxime groups is 1. The van der Waals surface area contributed by atoms with Crippen LogP contribution in [0.2, 0.25) is 0 Å². The Balaban J connectivity index is 1.43. The highest BCUT2D eigenvalue weighted by atomic mass is 32.2. The smallest absolute Gasteiger partial charge is 0.122 e. The highest BCUT2D eigenvalue weighted by molar-refractivity contribution is 7.99. The second-order valence-corrected chi connectivity index (χ2v) is 5.51. The van der Waals surface area contributed by atoms with E-state index >= 15 is 0 Å². The molecule has 14 heavy (non-hydrogen) atoms. The zero-order valence-corrected chi connectivity index (χ0v) is 9.68. The topological polar surface area (TPSA) is 21.6 Å². The van der Waals surface area contributed by atoms with E-state index in [1.165, 1.54) is 30.7 Å². The minimum Gasteiger partial charge on any atom is -0.395 e. The van der Waals surface area contributed by atoms with Crippen LogP contribution in [0.5, 0.6) is 0 Å². The third-order valence-corrected chi connectivity index (χ3v) is 4.20. The molecule has 0 aromatic carbocycles. The molecule has 2 atom stereocenters. The lowest BCUT2D eigenvalue weighted by Crippen LogP contribution is -1.99. The highest BCUT2D eigenvalue weighted by Gasteiger charge is 2.31. The Morgan fingerprint density at radius 1 is 1.57 bits per heavy atom. The Hall–Kier alpha value is -0.180. The van der Waals surface area contributed by atoms with Crippen LogP contribution < -0.4 is 0 Å². The molecule has 0 radical (unpaired) electrons. The molecule has 1 aliphatic heterocycles. The van der Waals surface area contributed by atoms with Gasteiger partial charge in [-0.15, -0.1) is 0 Å². The van der Waals surface area contributed by atoms with Crippen molar-refractivity contribution in [1.29, 1.82) is 0 Å². The van der Waals surface area contributed by atoms with Gasteiger partial charge in [0.15, 0.2) is 0 Å². The van der Waals surface area contributed by atoms with Gasteiger partial charge < -0.3 is 4.84 Å². The highest BCUT2D eigenvalue weighted by Crippen LogP contribution is 2.41. The van der Waals surface area contributed by atoms with Crippen LogP contribution in [0.3, 0.4) is 0 Å². The van der Waals surface area contributed by atoms with Crippen molar-refractivity contribution >= 4 is 17.5 Å². The summed E-state index contributed by atoms with van der Waals surface area (Å²) >= 11 is 2.01. The Kier molecular flexibility index (Phi) is 3.74. The molecule has 3 heteroatoms. The summed E-state index contributed by atoms with van der Waals surface area (Å²) in [4.78, 5) is 4.95. The van der Waals surface area contributed by atoms with Gasteiger partial charge in [0, 0.05) is 12.2 Å². The molecule has 2 unspecified atom stereocenters. The largest absolute Gasteiger partial charge is 0.395 e. The summed E-state index contributed by atoms with van der Waals surface area (Å²) in [6, 6.07) is 0. The van der Waals surface area contributed by atoms with Gasteiger partial charge in [0.2, 0.25) is 0 Å². The Labute approximate surface area is 90.5 Å². The van der Waals surface area contributed by atoms with Gasteiger partial charge in [0.25, 0.3) is 0 Å². The van der Waals surface area contributed by atoms with Crippen molar-refractivity contribution in [2.45, 2.75) is 32.6 Å². The summed E-state index contributed by atoms with van der Waals surface area (Å²) in [5.41, 5.74) is 1.25. The number of hydrogen-bond acceptors (Lipinski definition) is 3. The van der Waals surface area contributed by atoms with Crippen molar-refractivity contribution in [3.63, 3.8) is 0 Å². The zero-order valence-electron chi connectivity index (χ0n) is 8.87. The first-order valence-electron chi connectivity index (χ1n) is 5.61. The molecule has 0 bridgehead atoms. The second-order valence-electron chi connectivity index (χ2n) is 4.41. The van der Waals surface area contributed by atoms with Crippen molar-refractivity contribution in [1.82, 2.24) is 0 Å². The summed E-state index contributed by atoms with van der Waals surface area (Å²) in [7, 11) is 0. The SMILES string of the molecule is CC1CC1CCCSCC1=NOCC1. The van der Waals surface area contributed by atoms with Crippen LogP contribution in [0.15, 0.2) is 5.16 Å². The van der Waals surface area contributed by atoms with E-state index in [9.17, 15) is 0 Å². The van der Waals surface area contributed by atoms with Gasteiger partial charge in [0.05, 0.1) is 5.71 Å². The lowest BCUT2D eigenvalue weighted by Gasteiger charge is -1.99. The second kappa shape index (κ2) is 5.06. The summed E-state index contributed by atoms with van der Waals surface area (Å²) in [5, 5.41) is 3.99. The Morgan fingerprint density at radius 3 is 3.07 bits per heavy atom. The first-order chi connectivity index (χ1) is 6.86. The molecule has 2 rings (SSSR count). The lowest BCUT2D eigenvalue weighted by atomic mass is 10.2. The molecule has 1 aliphatic carbocycles. The maximum Gasteiger partial charge on any atom is 0.122 e. The van der Waals surface area contributed by atoms with E-state index in [0.29, 0.717) is 0 Å². The van der Waals surface area contributed by atoms with Crippen LogP contribution in [0.4, 0.5) is 0 Å². The minimum atomic E-state index is 0.801. The van der Waals surface area contributed by atoms with Crippen molar-refractivity contribution in [3.8, 4) is 0 Å². The van der Waals surface area contributed by atoms with E-state index < -0.39 is 0 Å². The average molecular weight is 213 g/mol. The summed E-state index contributed by atoms with van der Waals surface area (Å²) in [6.45, 7) is 3.16. The molecule has 80 valence electrons. The molecule has 2 aliphatic rings. The van der Waals surface area contributed by atoms with Crippen LogP contribution in [0, 0.1) is 11.8 Å². The van der Waals surface area contributed by atoms with Gasteiger partial charge in [-0.25, -0.2) is 0 Å². The third kappa shape index (κ3) is 3.19. The van der Waals surface area contributed by atoms with Gasteiger partial charge in [-0.2, -0.15) is 11.8 Å². The predicted octanol–water partition coefficient (Wildman–Crippen LogP) is 2.93. The zero-order chi connectivity index (χ0) is 9.80. The standard InChI is InChI=1S/C11H19NOS/c1-9-7-10(9)3-2-6-14-8-11-4-5-13-12-11/h9-10H,2-8H2,1H3. The van der Waals surface area contributed by atoms with E-state index in [2.05, 4.69) is 12.1 Å². The maximum absolute atomic E-state index is 4.95. The Morgan fingerprint density at radius 2 is 2.43 bits per heavy atom. The molecule has 0 aromatic heterocycles. The fourth-order valence-corrected chi connectivity index (χ4v) is 2.83. The molecule has 0 saturated heterocycles. The van der Waals surface area contributed by atoms with Gasteiger partial charge in [-0.05, 0) is 36.9 Å². The monoisotopic (exact) mass is 213 g/mol. The molecule has 0 spiro atoms. The molecular formula is C11H19NOS. The molecule has 1 heterocycles. The van der Waals surface area contributed by atoms with E-state index in [1.54, 1.807) is 0 Å². The van der Waals surface area contributed by atoms with E-state index in [4.69, 9.17) is 4.84 Å². The summed E-state index contributed by atoms with van der Waals surface area (Å²) in [5.74, 6) is 4.46. The van der Waals surface area contributed by atoms with Crippen LogP contribution in [0.1, 0.15) is 32.6 Å². The maximum atomic E-state index is 4.95. The number of hydrogen-bond donors (Lipinski definition) is 0. The van der Waals surface area contributed by atoms with Crippen LogP contribution in [0.25, 0.3) is 0 Å². The van der Waals surface area contributed by atoms with Crippen molar-refractivity contribution < 1.29 is 4.84 Å². The van der Waals surface area contributed by atoms with Crippen molar-refractivity contribution in [2.24, 2.45) is 17.0 Å². The number of nitrogens with zero attached hydrogens (tertiary/aromatic N) is 1. The van der Waals surface area contributed by atoms with Gasteiger partial charge in [-0.1, -0.05) is 12.1 Å². The van der Waals surface area contributed by atoms with Crippen LogP contribution in [-0.4, -0.2) is 23.8 Å². The quantitative estimate of drug-likeness (QED) is 0.633. The first kappa shape index (κ1) is 10.3. The Bertz CT molecular complexity index is 217. The van der Waals surface area contributed by atoms with Crippen molar-refractivity contribution in [2.75, 3.05) is 18.1 Å². The predicted molar refractivity (Wildman–Crippen MR) is 61.8 cm³/mol. The number of thioether (sulfide) groups is 1. The molecule has 0 N–H and O–H groups in total. The van der Waals surface area contributed by atoms with E-state index in [1.807, 2.05) is 11.8 Å². The van der Waals surface area contributed by atoms with E-state index in [-0.39, 0.29) is 0 Å². The van der Waals surface area contributed by atoms with Gasteiger partial charge >= 0.3 is 0 Å². The molecule has 0 aromatic rings. The molecule has 1 saturated carbocycles. The lowest BCUT2D eigenvalue weighted by molar-refractivity contribution is 0.173. The molecule has 1 fully saturated rings. The molecular weight excluding hydrogens is 194 g/mol. The summed E-state index contributed by atoms with van der Waals surface area (Å²) in [6.07, 6.45) is 5.35. The third-order valence-electron chi connectivity index (χ3n) is 3.08. The number of rotatable bonds is 6. The van der Waals surface area contributed by atoms with E-state index in [0.717, 1.165) is 30.6 Å². The minimum absolute atomic E-state index is 0.801. The fraction of sp³-hybridized carbons (Fsp3) is 0.909. The van der Waals surface area contributed by atoms with Crippen LogP contribution >= 0.6 is 11.8 Å². The first-order valence-corrected chi connectivity index (χ1v) is 6.77. The van der Waals surface area contributed by atoms with Gasteiger partial charge in [0.1, 0.15) is 6.61 Å². The summed E-state index contributed by atoms with van der Waals surface area (Å²) < 4.78 is 0. The molecule has 2 nitrogen and oxygen atoms in total.